The van der Waals surface area contributed by atoms with E-state index in [-0.39, 0.29) is 0 Å². The van der Waals surface area contributed by atoms with Gasteiger partial charge in [0.15, 0.2) is 5.85 Å². The summed E-state index contributed by atoms with van der Waals surface area (Å²) in [4.78, 5) is 0. The Balaban J connectivity index is 3.09. The molecular weight excluding hydrogens is 239 g/mol. The molecule has 0 aromatic heterocycles. The topological polar surface area (TPSA) is 55.8 Å². The van der Waals surface area contributed by atoms with E-state index in [2.05, 4.69) is 9.05 Å². The van der Waals surface area contributed by atoms with Gasteiger partial charge in [0.2, 0.25) is 0 Å². The summed E-state index contributed by atoms with van der Waals surface area (Å²) in [7, 11) is -1.12. The van der Waals surface area contributed by atoms with Crippen molar-refractivity contribution in [2.45, 2.75) is 5.85 Å². The molecule has 84 valence electrons. The molecule has 0 radical (unpaired) electrons. The lowest BCUT2D eigenvalue weighted by molar-refractivity contribution is 0.176. The smallest absolute Gasteiger partial charge is 0.362 e. The van der Waals surface area contributed by atoms with Crippen LogP contribution in [-0.4, -0.2) is 19.3 Å². The predicted molar refractivity (Wildman–Crippen MR) is 58.0 cm³/mol. The third kappa shape index (κ3) is 2.60. The first-order chi connectivity index (χ1) is 7.05. The number of hydrogen-bond acceptors (Lipinski definition) is 4. The molecule has 0 unspecified atom stereocenters. The minimum atomic E-state index is -3.55. The van der Waals surface area contributed by atoms with Gasteiger partial charge in [-0.1, -0.05) is 29.8 Å². The Kier molecular flexibility index (Phi) is 4.32. The van der Waals surface area contributed by atoms with Gasteiger partial charge < -0.3 is 14.2 Å². The molecular formula is C9H12ClO4P. The van der Waals surface area contributed by atoms with Crippen molar-refractivity contribution in [3.8, 4) is 0 Å². The first-order valence-corrected chi connectivity index (χ1v) is 6.18. The summed E-state index contributed by atoms with van der Waals surface area (Å²) >= 11 is 5.85. The van der Waals surface area contributed by atoms with E-state index < -0.39 is 13.4 Å². The van der Waals surface area contributed by atoms with Gasteiger partial charge in [-0.15, -0.1) is 0 Å². The van der Waals surface area contributed by atoms with Crippen molar-refractivity contribution >= 4 is 19.2 Å². The van der Waals surface area contributed by atoms with Crippen LogP contribution in [0.4, 0.5) is 0 Å². The molecule has 0 heterocycles. The summed E-state index contributed by atoms with van der Waals surface area (Å²) in [5.74, 6) is -1.37. The minimum Gasteiger partial charge on any atom is -0.376 e. The van der Waals surface area contributed by atoms with Crippen molar-refractivity contribution in [3.63, 3.8) is 0 Å². The van der Waals surface area contributed by atoms with Crippen LogP contribution in [0, 0.1) is 0 Å². The number of aliphatic hydroxyl groups is 1. The van der Waals surface area contributed by atoms with Crippen LogP contribution in [-0.2, 0) is 13.6 Å². The van der Waals surface area contributed by atoms with E-state index in [0.29, 0.717) is 10.6 Å². The van der Waals surface area contributed by atoms with Crippen LogP contribution in [0.15, 0.2) is 24.3 Å². The first-order valence-electron chi connectivity index (χ1n) is 4.19. The molecule has 15 heavy (non-hydrogen) atoms. The highest BCUT2D eigenvalue weighted by molar-refractivity contribution is 7.54. The van der Waals surface area contributed by atoms with E-state index in [1.54, 1.807) is 24.3 Å². The van der Waals surface area contributed by atoms with E-state index >= 15 is 0 Å². The van der Waals surface area contributed by atoms with Crippen molar-refractivity contribution in [2.24, 2.45) is 0 Å². The van der Waals surface area contributed by atoms with Crippen LogP contribution in [0.2, 0.25) is 5.02 Å². The molecule has 0 amide bonds. The molecule has 0 bridgehead atoms. The molecule has 4 nitrogen and oxygen atoms in total. The van der Waals surface area contributed by atoms with E-state index in [1.165, 1.54) is 14.2 Å². The van der Waals surface area contributed by atoms with Gasteiger partial charge in [-0.05, 0) is 6.07 Å². The van der Waals surface area contributed by atoms with E-state index in [9.17, 15) is 9.67 Å². The Labute approximate surface area is 93.3 Å². The number of halogens is 1. The highest BCUT2D eigenvalue weighted by Crippen LogP contribution is 2.59. The summed E-state index contributed by atoms with van der Waals surface area (Å²) in [6.07, 6.45) is 0. The molecule has 0 fully saturated rings. The highest BCUT2D eigenvalue weighted by atomic mass is 35.5. The zero-order chi connectivity index (χ0) is 11.5. The van der Waals surface area contributed by atoms with E-state index in [0.717, 1.165) is 0 Å². The van der Waals surface area contributed by atoms with Crippen molar-refractivity contribution in [1.82, 2.24) is 0 Å². The van der Waals surface area contributed by atoms with Gasteiger partial charge in [0.1, 0.15) is 0 Å². The molecule has 1 N–H and O–H groups in total. The second-order valence-corrected chi connectivity index (χ2v) is 5.51. The summed E-state index contributed by atoms with van der Waals surface area (Å²) in [5.41, 5.74) is 0.325. The van der Waals surface area contributed by atoms with Crippen LogP contribution < -0.4 is 0 Å². The maximum absolute atomic E-state index is 11.9. The number of rotatable bonds is 4. The lowest BCUT2D eigenvalue weighted by Crippen LogP contribution is -2.03. The average molecular weight is 251 g/mol. The van der Waals surface area contributed by atoms with Crippen LogP contribution in [0.1, 0.15) is 11.4 Å². The van der Waals surface area contributed by atoms with Crippen LogP contribution in [0.25, 0.3) is 0 Å². The average Bonchev–Trinajstić information content (AvgIpc) is 2.28. The highest BCUT2D eigenvalue weighted by Gasteiger charge is 2.34. The minimum absolute atomic E-state index is 0.319. The maximum atomic E-state index is 11.9. The third-order valence-electron chi connectivity index (χ3n) is 1.99. The Morgan fingerprint density at radius 2 is 1.87 bits per heavy atom. The normalized spacial score (nSPS) is 13.9. The van der Waals surface area contributed by atoms with E-state index in [4.69, 9.17) is 11.6 Å². The second kappa shape index (κ2) is 5.10. The van der Waals surface area contributed by atoms with Gasteiger partial charge in [0.25, 0.3) is 0 Å². The molecule has 1 aromatic rings. The van der Waals surface area contributed by atoms with Gasteiger partial charge in [-0.3, -0.25) is 4.57 Å². The lowest BCUT2D eigenvalue weighted by Gasteiger charge is -2.20. The number of aliphatic hydroxyl groups excluding tert-OH is 1. The van der Waals surface area contributed by atoms with Crippen molar-refractivity contribution < 1.29 is 18.7 Å². The van der Waals surface area contributed by atoms with Gasteiger partial charge >= 0.3 is 7.60 Å². The standard InChI is InChI=1S/C9H12ClO4P/c1-13-15(12,14-2)9(11)7-5-3-4-6-8(7)10/h3-6,9,11H,1-2H3/t9-/m0/s1. The molecule has 0 saturated carbocycles. The monoisotopic (exact) mass is 250 g/mol. The zero-order valence-electron chi connectivity index (χ0n) is 8.38. The Morgan fingerprint density at radius 1 is 1.33 bits per heavy atom. The van der Waals surface area contributed by atoms with Crippen LogP contribution in [0.3, 0.4) is 0 Å². The molecule has 1 rings (SSSR count). The van der Waals surface area contributed by atoms with Crippen LogP contribution >= 0.6 is 19.2 Å². The fourth-order valence-electron chi connectivity index (χ4n) is 1.13. The molecule has 0 aliphatic rings. The molecule has 1 aromatic carbocycles. The van der Waals surface area contributed by atoms with Gasteiger partial charge in [-0.25, -0.2) is 0 Å². The molecule has 0 saturated heterocycles. The predicted octanol–water partition coefficient (Wildman–Crippen LogP) is 2.82. The summed E-state index contributed by atoms with van der Waals surface area (Å²) in [6.45, 7) is 0. The summed E-state index contributed by atoms with van der Waals surface area (Å²) in [5, 5.41) is 10.1. The third-order valence-corrected chi connectivity index (χ3v) is 4.23. The molecule has 6 heteroatoms. The second-order valence-electron chi connectivity index (χ2n) is 2.80. The fraction of sp³-hybridized carbons (Fsp3) is 0.333. The Morgan fingerprint density at radius 3 is 2.33 bits per heavy atom. The van der Waals surface area contributed by atoms with Gasteiger partial charge in [-0.2, -0.15) is 0 Å². The van der Waals surface area contributed by atoms with Gasteiger partial charge in [0.05, 0.1) is 0 Å². The maximum Gasteiger partial charge on any atom is 0.362 e. The van der Waals surface area contributed by atoms with Crippen molar-refractivity contribution in [1.29, 1.82) is 0 Å². The number of benzene rings is 1. The SMILES string of the molecule is COP(=O)(OC)[C@H](O)c1ccccc1Cl. The lowest BCUT2D eigenvalue weighted by atomic mass is 10.2. The van der Waals surface area contributed by atoms with E-state index in [1.807, 2.05) is 0 Å². The quantitative estimate of drug-likeness (QED) is 0.835. The molecule has 1 atom stereocenters. The number of hydrogen-bond donors (Lipinski definition) is 1. The summed E-state index contributed by atoms with van der Waals surface area (Å²) in [6, 6.07) is 6.55. The molecule has 0 aliphatic heterocycles. The van der Waals surface area contributed by atoms with Crippen molar-refractivity contribution in [3.05, 3.63) is 34.9 Å². The van der Waals surface area contributed by atoms with Crippen molar-refractivity contribution in [2.75, 3.05) is 14.2 Å². The first kappa shape index (κ1) is 12.7. The Hall–Kier alpha value is -0.380. The fourth-order valence-corrected chi connectivity index (χ4v) is 2.56. The zero-order valence-corrected chi connectivity index (χ0v) is 10.0. The largest absolute Gasteiger partial charge is 0.376 e. The van der Waals surface area contributed by atoms with Crippen LogP contribution in [0.5, 0.6) is 0 Å². The molecule has 0 spiro atoms. The summed E-state index contributed by atoms with van der Waals surface area (Å²) < 4.78 is 21.2. The van der Waals surface area contributed by atoms with Gasteiger partial charge in [0, 0.05) is 24.8 Å². The molecule has 0 aliphatic carbocycles. The Bertz CT molecular complexity index is 374.